The van der Waals surface area contributed by atoms with Gasteiger partial charge in [0.25, 0.3) is 0 Å². The molecule has 0 radical (unpaired) electrons. The predicted molar refractivity (Wildman–Crippen MR) is 68.5 cm³/mol. The first-order valence-corrected chi connectivity index (χ1v) is 5.59. The van der Waals surface area contributed by atoms with Crippen molar-refractivity contribution in [1.29, 1.82) is 0 Å². The first-order valence-electron chi connectivity index (χ1n) is 5.59. The lowest BCUT2D eigenvalue weighted by atomic mass is 10.3. The van der Waals surface area contributed by atoms with Gasteiger partial charge in [-0.15, -0.1) is 0 Å². The molecule has 0 aliphatic heterocycles. The van der Waals surface area contributed by atoms with Gasteiger partial charge in [0, 0.05) is 26.0 Å². The number of hydrogen-bond acceptors (Lipinski definition) is 6. The number of likely N-dealkylation sites (N-methyl/N-ethyl adjacent to an activating group) is 1. The fourth-order valence-corrected chi connectivity index (χ4v) is 1.74. The zero-order valence-electron chi connectivity index (χ0n) is 10.4. The first-order chi connectivity index (χ1) is 8.59. The van der Waals surface area contributed by atoms with E-state index >= 15 is 0 Å². The SMILES string of the molecule is C[C@@H](O)CN(C)c1ncnc(-n2cccn2)c1N. The van der Waals surface area contributed by atoms with E-state index < -0.39 is 6.10 Å². The van der Waals surface area contributed by atoms with Crippen molar-refractivity contribution in [2.45, 2.75) is 13.0 Å². The molecule has 0 spiro atoms. The zero-order valence-corrected chi connectivity index (χ0v) is 10.4. The molecule has 2 aromatic rings. The standard InChI is InChI=1S/C11H16N6O/c1-8(18)6-16(2)10-9(12)11(14-7-13-10)17-5-3-4-15-17/h3-5,7-8,18H,6,12H2,1-2H3/t8-/m1/s1. The van der Waals surface area contributed by atoms with E-state index in [-0.39, 0.29) is 0 Å². The van der Waals surface area contributed by atoms with Crippen molar-refractivity contribution in [3.8, 4) is 5.82 Å². The van der Waals surface area contributed by atoms with Gasteiger partial charge in [0.15, 0.2) is 11.6 Å². The minimum absolute atomic E-state index is 0.435. The Labute approximate surface area is 105 Å². The number of nitrogen functional groups attached to an aromatic ring is 1. The molecule has 0 aliphatic carbocycles. The molecule has 0 aliphatic rings. The third-order valence-electron chi connectivity index (χ3n) is 2.46. The van der Waals surface area contributed by atoms with Gasteiger partial charge in [-0.2, -0.15) is 5.10 Å². The van der Waals surface area contributed by atoms with Crippen LogP contribution in [0, 0.1) is 0 Å². The van der Waals surface area contributed by atoms with Crippen molar-refractivity contribution in [3.63, 3.8) is 0 Å². The monoisotopic (exact) mass is 248 g/mol. The molecular weight excluding hydrogens is 232 g/mol. The van der Waals surface area contributed by atoms with Gasteiger partial charge < -0.3 is 15.7 Å². The lowest BCUT2D eigenvalue weighted by molar-refractivity contribution is 0.201. The Hall–Kier alpha value is -2.15. The van der Waals surface area contributed by atoms with Crippen molar-refractivity contribution in [2.75, 3.05) is 24.2 Å². The number of hydrogen-bond donors (Lipinski definition) is 2. The maximum Gasteiger partial charge on any atom is 0.181 e. The Kier molecular flexibility index (Phi) is 3.42. The van der Waals surface area contributed by atoms with E-state index in [9.17, 15) is 5.11 Å². The molecule has 2 aromatic heterocycles. The number of nitrogens with two attached hydrogens (primary N) is 1. The fourth-order valence-electron chi connectivity index (χ4n) is 1.74. The van der Waals surface area contributed by atoms with Crippen LogP contribution in [0.25, 0.3) is 5.82 Å². The molecule has 0 amide bonds. The number of anilines is 2. The molecule has 0 bridgehead atoms. The van der Waals surface area contributed by atoms with Gasteiger partial charge in [-0.3, -0.25) is 0 Å². The average Bonchev–Trinajstić information content (AvgIpc) is 2.81. The van der Waals surface area contributed by atoms with E-state index in [2.05, 4.69) is 15.1 Å². The fraction of sp³-hybridized carbons (Fsp3) is 0.364. The first kappa shape index (κ1) is 12.3. The summed E-state index contributed by atoms with van der Waals surface area (Å²) in [4.78, 5) is 10.0. The molecule has 0 unspecified atom stereocenters. The average molecular weight is 248 g/mol. The molecule has 0 fully saturated rings. The van der Waals surface area contributed by atoms with Crippen LogP contribution in [0.15, 0.2) is 24.8 Å². The number of aliphatic hydroxyl groups is 1. The molecule has 0 saturated heterocycles. The molecule has 7 heteroatoms. The summed E-state index contributed by atoms with van der Waals surface area (Å²) < 4.78 is 1.58. The Bertz CT molecular complexity index is 510. The van der Waals surface area contributed by atoms with E-state index in [1.807, 2.05) is 7.05 Å². The highest BCUT2D eigenvalue weighted by Crippen LogP contribution is 2.23. The normalized spacial score (nSPS) is 12.4. The number of aliphatic hydroxyl groups excluding tert-OH is 1. The maximum absolute atomic E-state index is 9.38. The highest BCUT2D eigenvalue weighted by atomic mass is 16.3. The van der Waals surface area contributed by atoms with Gasteiger partial charge in [-0.25, -0.2) is 14.6 Å². The number of aromatic nitrogens is 4. The summed E-state index contributed by atoms with van der Waals surface area (Å²) in [6, 6.07) is 1.79. The third-order valence-corrected chi connectivity index (χ3v) is 2.46. The van der Waals surface area contributed by atoms with Crippen LogP contribution < -0.4 is 10.6 Å². The Balaban J connectivity index is 2.36. The van der Waals surface area contributed by atoms with Crippen LogP contribution in [-0.4, -0.2) is 44.6 Å². The minimum Gasteiger partial charge on any atom is -0.393 e. The van der Waals surface area contributed by atoms with Crippen LogP contribution in [-0.2, 0) is 0 Å². The molecule has 1 atom stereocenters. The van der Waals surface area contributed by atoms with E-state index in [0.29, 0.717) is 23.9 Å². The highest BCUT2D eigenvalue weighted by molar-refractivity contribution is 5.69. The van der Waals surface area contributed by atoms with Crippen molar-refractivity contribution < 1.29 is 5.11 Å². The molecule has 7 nitrogen and oxygen atoms in total. The summed E-state index contributed by atoms with van der Waals surface area (Å²) in [7, 11) is 1.82. The van der Waals surface area contributed by atoms with Crippen LogP contribution >= 0.6 is 0 Å². The summed E-state index contributed by atoms with van der Waals surface area (Å²) in [6.07, 6.45) is 4.39. The molecule has 0 aromatic carbocycles. The molecule has 3 N–H and O–H groups in total. The lowest BCUT2D eigenvalue weighted by Gasteiger charge is -2.21. The predicted octanol–water partition coefficient (Wildman–Crippen LogP) is 0.0615. The van der Waals surface area contributed by atoms with E-state index in [0.717, 1.165) is 0 Å². The van der Waals surface area contributed by atoms with Crippen LogP contribution in [0.5, 0.6) is 0 Å². The van der Waals surface area contributed by atoms with Crippen LogP contribution in [0.1, 0.15) is 6.92 Å². The van der Waals surface area contributed by atoms with E-state index in [1.54, 1.807) is 35.0 Å². The van der Waals surface area contributed by atoms with Crippen molar-refractivity contribution in [3.05, 3.63) is 24.8 Å². The molecule has 2 heterocycles. The highest BCUT2D eigenvalue weighted by Gasteiger charge is 2.14. The van der Waals surface area contributed by atoms with Gasteiger partial charge in [-0.1, -0.05) is 0 Å². The number of rotatable bonds is 4. The molecule has 2 rings (SSSR count). The Morgan fingerprint density at radius 2 is 2.28 bits per heavy atom. The van der Waals surface area contributed by atoms with Crippen LogP contribution in [0.4, 0.5) is 11.5 Å². The summed E-state index contributed by atoms with van der Waals surface area (Å²) in [5, 5.41) is 13.5. The molecule has 18 heavy (non-hydrogen) atoms. The largest absolute Gasteiger partial charge is 0.393 e. The summed E-state index contributed by atoms with van der Waals surface area (Å²) in [5.74, 6) is 1.11. The Morgan fingerprint density at radius 3 is 2.89 bits per heavy atom. The van der Waals surface area contributed by atoms with E-state index in [1.165, 1.54) is 6.33 Å². The van der Waals surface area contributed by atoms with E-state index in [4.69, 9.17) is 5.73 Å². The second kappa shape index (κ2) is 5.01. The lowest BCUT2D eigenvalue weighted by Crippen LogP contribution is -2.28. The Morgan fingerprint density at radius 1 is 1.50 bits per heavy atom. The second-order valence-electron chi connectivity index (χ2n) is 4.11. The topological polar surface area (TPSA) is 93.1 Å². The molecular formula is C11H16N6O. The van der Waals surface area contributed by atoms with Crippen LogP contribution in [0.2, 0.25) is 0 Å². The summed E-state index contributed by atoms with van der Waals surface area (Å²) >= 11 is 0. The summed E-state index contributed by atoms with van der Waals surface area (Å²) in [5.41, 5.74) is 6.48. The number of nitrogens with zero attached hydrogens (tertiary/aromatic N) is 5. The van der Waals surface area contributed by atoms with Gasteiger partial charge in [0.05, 0.1) is 6.10 Å². The molecule has 0 saturated carbocycles. The maximum atomic E-state index is 9.38. The smallest absolute Gasteiger partial charge is 0.181 e. The summed E-state index contributed by atoms with van der Waals surface area (Å²) in [6.45, 7) is 2.15. The van der Waals surface area contributed by atoms with Crippen molar-refractivity contribution in [2.24, 2.45) is 0 Å². The van der Waals surface area contributed by atoms with Gasteiger partial charge in [0.2, 0.25) is 0 Å². The molecule has 96 valence electrons. The quantitative estimate of drug-likeness (QED) is 0.795. The van der Waals surface area contributed by atoms with Gasteiger partial charge in [-0.05, 0) is 13.0 Å². The third kappa shape index (κ3) is 2.40. The van der Waals surface area contributed by atoms with Gasteiger partial charge >= 0.3 is 0 Å². The second-order valence-corrected chi connectivity index (χ2v) is 4.11. The van der Waals surface area contributed by atoms with Crippen LogP contribution in [0.3, 0.4) is 0 Å². The van der Waals surface area contributed by atoms with Gasteiger partial charge in [0.1, 0.15) is 12.0 Å². The minimum atomic E-state index is -0.461. The van der Waals surface area contributed by atoms with Crippen molar-refractivity contribution >= 4 is 11.5 Å². The van der Waals surface area contributed by atoms with Crippen molar-refractivity contribution in [1.82, 2.24) is 19.7 Å². The zero-order chi connectivity index (χ0) is 13.1.